The predicted molar refractivity (Wildman–Crippen MR) is 70.2 cm³/mol. The Morgan fingerprint density at radius 1 is 1.08 bits per heavy atom. The molecule has 1 heterocycles. The lowest BCUT2D eigenvalue weighted by atomic mass is 10.1. The van der Waals surface area contributed by atoms with Crippen molar-refractivity contribution in [2.45, 2.75) is 12.4 Å². The van der Waals surface area contributed by atoms with Crippen molar-refractivity contribution in [2.24, 2.45) is 0 Å². The molecule has 0 unspecified atom stereocenters. The first-order valence-corrected chi connectivity index (χ1v) is 6.26. The molecule has 0 aliphatic carbocycles. The van der Waals surface area contributed by atoms with Gasteiger partial charge in [0.05, 0.1) is 0 Å². The second-order valence-electron chi connectivity index (χ2n) is 4.46. The Labute approximate surface area is 135 Å². The number of rotatable bonds is 3. The van der Waals surface area contributed by atoms with Gasteiger partial charge in [0, 0.05) is 11.9 Å². The molecule has 1 aromatic carbocycles. The molecule has 1 amide bonds. The maximum Gasteiger partial charge on any atom is 0.433 e. The number of aromatic nitrogens is 2. The fraction of sp³-hybridized carbons (Fsp3) is 0.154. The number of carboxylic acid groups (broad SMARTS) is 1. The second kappa shape index (κ2) is 6.45. The standard InChI is InChI=1S/C13H7F6N3O3/c14-12(15,16)7-5-6(21-11(23)24)1-2-8(7)25-10-20-4-3-9(22-10)13(17,18)19/h1-5,21H,(H,23,24). The van der Waals surface area contributed by atoms with Crippen molar-refractivity contribution in [3.63, 3.8) is 0 Å². The van der Waals surface area contributed by atoms with E-state index in [0.29, 0.717) is 18.3 Å². The molecule has 0 atom stereocenters. The molecule has 0 saturated heterocycles. The van der Waals surface area contributed by atoms with Crippen LogP contribution in [0.4, 0.5) is 36.8 Å². The number of alkyl halides is 6. The Balaban J connectivity index is 2.41. The molecule has 12 heteroatoms. The molecule has 0 spiro atoms. The monoisotopic (exact) mass is 367 g/mol. The van der Waals surface area contributed by atoms with Gasteiger partial charge in [0.2, 0.25) is 0 Å². The van der Waals surface area contributed by atoms with Crippen molar-refractivity contribution < 1.29 is 41.0 Å². The Kier molecular flexibility index (Phi) is 4.72. The fourth-order valence-corrected chi connectivity index (χ4v) is 1.69. The minimum atomic E-state index is -4.97. The van der Waals surface area contributed by atoms with E-state index >= 15 is 0 Å². The van der Waals surface area contributed by atoms with Crippen LogP contribution in [0.25, 0.3) is 0 Å². The number of carbonyl (C=O) groups is 1. The summed E-state index contributed by atoms with van der Waals surface area (Å²) in [5.74, 6) is -0.886. The zero-order chi connectivity index (χ0) is 18.8. The summed E-state index contributed by atoms with van der Waals surface area (Å²) < 4.78 is 81.6. The lowest BCUT2D eigenvalue weighted by Crippen LogP contribution is -2.12. The Bertz CT molecular complexity index is 791. The second-order valence-corrected chi connectivity index (χ2v) is 4.46. The molecule has 0 saturated carbocycles. The van der Waals surface area contributed by atoms with E-state index < -0.39 is 47.2 Å². The van der Waals surface area contributed by atoms with Gasteiger partial charge < -0.3 is 9.84 Å². The third kappa shape index (κ3) is 4.71. The molecule has 0 bridgehead atoms. The maximum atomic E-state index is 13.1. The highest BCUT2D eigenvalue weighted by Gasteiger charge is 2.36. The van der Waals surface area contributed by atoms with Crippen LogP contribution in [-0.4, -0.2) is 21.2 Å². The summed E-state index contributed by atoms with van der Waals surface area (Å²) in [7, 11) is 0. The van der Waals surface area contributed by atoms with Crippen molar-refractivity contribution in [2.75, 3.05) is 5.32 Å². The first-order chi connectivity index (χ1) is 11.5. The van der Waals surface area contributed by atoms with Gasteiger partial charge in [0.15, 0.2) is 5.69 Å². The van der Waals surface area contributed by atoms with Crippen LogP contribution in [-0.2, 0) is 12.4 Å². The van der Waals surface area contributed by atoms with E-state index in [0.717, 1.165) is 12.1 Å². The van der Waals surface area contributed by atoms with E-state index in [1.54, 1.807) is 5.32 Å². The molecular formula is C13H7F6N3O3. The molecular weight excluding hydrogens is 360 g/mol. The van der Waals surface area contributed by atoms with Gasteiger partial charge >= 0.3 is 24.5 Å². The predicted octanol–water partition coefficient (Wildman–Crippen LogP) is 4.40. The number of nitrogens with zero attached hydrogens (tertiary/aromatic N) is 2. The smallest absolute Gasteiger partial charge is 0.433 e. The number of benzene rings is 1. The first kappa shape index (κ1) is 18.3. The van der Waals surface area contributed by atoms with E-state index in [2.05, 4.69) is 9.97 Å². The third-order valence-electron chi connectivity index (χ3n) is 2.66. The summed E-state index contributed by atoms with van der Waals surface area (Å²) in [4.78, 5) is 16.8. The SMILES string of the molecule is O=C(O)Nc1ccc(Oc2nccc(C(F)(F)F)n2)c(C(F)(F)F)c1. The van der Waals surface area contributed by atoms with Gasteiger partial charge in [-0.1, -0.05) is 0 Å². The minimum absolute atomic E-state index is 0.405. The quantitative estimate of drug-likeness (QED) is 0.786. The normalized spacial score (nSPS) is 11.9. The van der Waals surface area contributed by atoms with Crippen molar-refractivity contribution >= 4 is 11.8 Å². The highest BCUT2D eigenvalue weighted by atomic mass is 19.4. The van der Waals surface area contributed by atoms with Gasteiger partial charge in [0.1, 0.15) is 11.3 Å². The molecule has 2 aromatic rings. The van der Waals surface area contributed by atoms with Gasteiger partial charge in [-0.2, -0.15) is 31.3 Å². The lowest BCUT2D eigenvalue weighted by Gasteiger charge is -2.14. The summed E-state index contributed by atoms with van der Waals surface area (Å²) in [6, 6.07) is 1.68. The Morgan fingerprint density at radius 3 is 2.32 bits per heavy atom. The molecule has 134 valence electrons. The van der Waals surface area contributed by atoms with Gasteiger partial charge in [-0.25, -0.2) is 9.78 Å². The molecule has 0 radical (unpaired) electrons. The van der Waals surface area contributed by atoms with Crippen LogP contribution in [0.2, 0.25) is 0 Å². The van der Waals surface area contributed by atoms with Crippen LogP contribution in [0.3, 0.4) is 0 Å². The highest BCUT2D eigenvalue weighted by Crippen LogP contribution is 2.39. The van der Waals surface area contributed by atoms with Crippen LogP contribution in [0.15, 0.2) is 30.5 Å². The number of ether oxygens (including phenoxy) is 1. The van der Waals surface area contributed by atoms with Gasteiger partial charge in [-0.3, -0.25) is 5.32 Å². The van der Waals surface area contributed by atoms with E-state index in [1.807, 2.05) is 0 Å². The largest absolute Gasteiger partial charge is 0.465 e. The van der Waals surface area contributed by atoms with E-state index in [1.165, 1.54) is 0 Å². The van der Waals surface area contributed by atoms with E-state index in [4.69, 9.17) is 9.84 Å². The molecule has 2 rings (SSSR count). The van der Waals surface area contributed by atoms with Crippen LogP contribution < -0.4 is 10.1 Å². The number of halogens is 6. The molecule has 0 aliphatic heterocycles. The Hall–Kier alpha value is -3.05. The molecule has 2 N–H and O–H groups in total. The summed E-state index contributed by atoms with van der Waals surface area (Å²) in [5, 5.41) is 10.2. The number of anilines is 1. The molecule has 6 nitrogen and oxygen atoms in total. The van der Waals surface area contributed by atoms with Crippen LogP contribution >= 0.6 is 0 Å². The molecule has 0 fully saturated rings. The van der Waals surface area contributed by atoms with Crippen molar-refractivity contribution in [1.29, 1.82) is 0 Å². The molecule has 1 aromatic heterocycles. The third-order valence-corrected chi connectivity index (χ3v) is 2.66. The zero-order valence-corrected chi connectivity index (χ0v) is 11.8. The molecule has 0 aliphatic rings. The maximum absolute atomic E-state index is 13.1. The highest BCUT2D eigenvalue weighted by molar-refractivity contribution is 5.83. The topological polar surface area (TPSA) is 84.3 Å². The van der Waals surface area contributed by atoms with Crippen LogP contribution in [0.5, 0.6) is 11.8 Å². The first-order valence-electron chi connectivity index (χ1n) is 6.26. The number of nitrogens with one attached hydrogen (secondary N) is 1. The average molecular weight is 367 g/mol. The number of amides is 1. The van der Waals surface area contributed by atoms with Crippen molar-refractivity contribution in [1.82, 2.24) is 9.97 Å². The van der Waals surface area contributed by atoms with E-state index in [9.17, 15) is 31.1 Å². The van der Waals surface area contributed by atoms with Crippen molar-refractivity contribution in [3.05, 3.63) is 41.7 Å². The van der Waals surface area contributed by atoms with Gasteiger partial charge in [0.25, 0.3) is 0 Å². The van der Waals surface area contributed by atoms with Gasteiger partial charge in [-0.15, -0.1) is 0 Å². The number of hydrogen-bond acceptors (Lipinski definition) is 4. The average Bonchev–Trinajstić information content (AvgIpc) is 2.46. The zero-order valence-electron chi connectivity index (χ0n) is 11.8. The summed E-state index contributed by atoms with van der Waals surface area (Å²) in [5.41, 5.74) is -3.22. The van der Waals surface area contributed by atoms with Crippen LogP contribution in [0, 0.1) is 0 Å². The van der Waals surface area contributed by atoms with E-state index in [-0.39, 0.29) is 0 Å². The summed E-state index contributed by atoms with van der Waals surface area (Å²) in [6.45, 7) is 0. The summed E-state index contributed by atoms with van der Waals surface area (Å²) in [6.07, 6.45) is -10.7. The minimum Gasteiger partial charge on any atom is -0.465 e. The molecule has 25 heavy (non-hydrogen) atoms. The van der Waals surface area contributed by atoms with Gasteiger partial charge in [-0.05, 0) is 24.3 Å². The fourth-order valence-electron chi connectivity index (χ4n) is 1.69. The Morgan fingerprint density at radius 2 is 1.76 bits per heavy atom. The summed E-state index contributed by atoms with van der Waals surface area (Å²) >= 11 is 0. The number of hydrogen-bond donors (Lipinski definition) is 2. The van der Waals surface area contributed by atoms with Crippen molar-refractivity contribution in [3.8, 4) is 11.8 Å². The lowest BCUT2D eigenvalue weighted by molar-refractivity contribution is -0.142. The van der Waals surface area contributed by atoms with Crippen LogP contribution in [0.1, 0.15) is 11.3 Å².